The first-order valence-electron chi connectivity index (χ1n) is 7.44. The highest BCUT2D eigenvalue weighted by Crippen LogP contribution is 2.36. The van der Waals surface area contributed by atoms with E-state index in [9.17, 15) is 26.3 Å². The summed E-state index contributed by atoms with van der Waals surface area (Å²) in [6.07, 6.45) is -8.34. The minimum atomic E-state index is -4.85. The van der Waals surface area contributed by atoms with E-state index < -0.39 is 35.6 Å². The largest absolute Gasteiger partial charge is 0.416 e. The van der Waals surface area contributed by atoms with Crippen molar-refractivity contribution in [2.75, 3.05) is 6.54 Å². The standard InChI is InChI=1S/C15H21F6N3/c16-14(17,18)10-6-9(7-11(8-10)15(19,20)21)3-4-13(24)12(23)2-1-5-22/h6-8,12-13H,1-5,22-24H2. The first-order valence-corrected chi connectivity index (χ1v) is 7.44. The van der Waals surface area contributed by atoms with E-state index in [0.29, 0.717) is 31.5 Å². The normalized spacial score (nSPS) is 15.4. The molecule has 0 fully saturated rings. The van der Waals surface area contributed by atoms with E-state index in [1.54, 1.807) is 0 Å². The molecule has 24 heavy (non-hydrogen) atoms. The molecule has 2 atom stereocenters. The average molecular weight is 357 g/mol. The average Bonchev–Trinajstić information content (AvgIpc) is 2.48. The van der Waals surface area contributed by atoms with Crippen LogP contribution in [0.25, 0.3) is 0 Å². The third kappa shape index (κ3) is 6.29. The quantitative estimate of drug-likeness (QED) is 0.657. The van der Waals surface area contributed by atoms with Gasteiger partial charge in [0.25, 0.3) is 0 Å². The lowest BCUT2D eigenvalue weighted by molar-refractivity contribution is -0.143. The Bertz CT molecular complexity index is 495. The van der Waals surface area contributed by atoms with Crippen LogP contribution in [0.2, 0.25) is 0 Å². The Morgan fingerprint density at radius 1 is 0.792 bits per heavy atom. The van der Waals surface area contributed by atoms with Crippen molar-refractivity contribution in [1.82, 2.24) is 0 Å². The summed E-state index contributed by atoms with van der Waals surface area (Å²) in [6, 6.07) is 0.610. The van der Waals surface area contributed by atoms with E-state index in [1.807, 2.05) is 0 Å². The van der Waals surface area contributed by atoms with Crippen LogP contribution in [-0.2, 0) is 18.8 Å². The van der Waals surface area contributed by atoms with Gasteiger partial charge in [-0.25, -0.2) is 0 Å². The molecule has 0 aromatic heterocycles. The van der Waals surface area contributed by atoms with Crippen molar-refractivity contribution >= 4 is 0 Å². The fourth-order valence-electron chi connectivity index (χ4n) is 2.28. The summed E-state index contributed by atoms with van der Waals surface area (Å²) in [5.74, 6) is 0. The summed E-state index contributed by atoms with van der Waals surface area (Å²) in [4.78, 5) is 0. The summed E-state index contributed by atoms with van der Waals surface area (Å²) in [5, 5.41) is 0. The minimum Gasteiger partial charge on any atom is -0.330 e. The predicted molar refractivity (Wildman–Crippen MR) is 79.0 cm³/mol. The number of hydrogen-bond acceptors (Lipinski definition) is 3. The van der Waals surface area contributed by atoms with Crippen molar-refractivity contribution in [3.8, 4) is 0 Å². The van der Waals surface area contributed by atoms with Crippen LogP contribution in [0.5, 0.6) is 0 Å². The van der Waals surface area contributed by atoms with E-state index >= 15 is 0 Å². The van der Waals surface area contributed by atoms with Gasteiger partial charge in [-0.1, -0.05) is 0 Å². The van der Waals surface area contributed by atoms with Crippen LogP contribution in [0.1, 0.15) is 36.0 Å². The first kappa shape index (κ1) is 20.7. The SMILES string of the molecule is NCCCC(N)C(N)CCc1cc(C(F)(F)F)cc(C(F)(F)F)c1. The lowest BCUT2D eigenvalue weighted by Crippen LogP contribution is -2.41. The summed E-state index contributed by atoms with van der Waals surface area (Å²) >= 11 is 0. The van der Waals surface area contributed by atoms with Gasteiger partial charge in [-0.05, 0) is 56.0 Å². The van der Waals surface area contributed by atoms with Crippen LogP contribution in [0.3, 0.4) is 0 Å². The zero-order valence-corrected chi connectivity index (χ0v) is 12.9. The van der Waals surface area contributed by atoms with Crippen molar-refractivity contribution in [3.05, 3.63) is 34.9 Å². The predicted octanol–water partition coefficient (Wildman–Crippen LogP) is 3.05. The van der Waals surface area contributed by atoms with Crippen molar-refractivity contribution in [3.63, 3.8) is 0 Å². The molecule has 0 radical (unpaired) electrons. The van der Waals surface area contributed by atoms with Crippen LogP contribution in [0.15, 0.2) is 18.2 Å². The highest BCUT2D eigenvalue weighted by molar-refractivity contribution is 5.33. The molecule has 0 saturated carbocycles. The van der Waals surface area contributed by atoms with Crippen LogP contribution in [0, 0.1) is 0 Å². The number of rotatable bonds is 7. The Kier molecular flexibility index (Phi) is 7.06. The zero-order valence-electron chi connectivity index (χ0n) is 12.9. The molecule has 0 spiro atoms. The maximum Gasteiger partial charge on any atom is 0.416 e. The van der Waals surface area contributed by atoms with Crippen molar-refractivity contribution < 1.29 is 26.3 Å². The van der Waals surface area contributed by atoms with Crippen LogP contribution < -0.4 is 17.2 Å². The molecular formula is C15H21F6N3. The lowest BCUT2D eigenvalue weighted by atomic mass is 9.95. The molecular weight excluding hydrogens is 336 g/mol. The second kappa shape index (κ2) is 8.17. The Morgan fingerprint density at radius 2 is 1.25 bits per heavy atom. The smallest absolute Gasteiger partial charge is 0.330 e. The van der Waals surface area contributed by atoms with Gasteiger partial charge in [0, 0.05) is 12.1 Å². The number of hydrogen-bond donors (Lipinski definition) is 3. The molecule has 138 valence electrons. The summed E-state index contributed by atoms with van der Waals surface area (Å²) in [5.41, 5.74) is 14.3. The fourth-order valence-corrected chi connectivity index (χ4v) is 2.28. The molecule has 1 aromatic carbocycles. The molecule has 0 aliphatic rings. The Labute approximate surface area is 136 Å². The minimum absolute atomic E-state index is 0.0233. The Hall–Kier alpha value is -1.32. The molecule has 0 bridgehead atoms. The van der Waals surface area contributed by atoms with Crippen LogP contribution in [0.4, 0.5) is 26.3 Å². The maximum absolute atomic E-state index is 12.8. The number of aryl methyl sites for hydroxylation is 1. The van der Waals surface area contributed by atoms with E-state index in [2.05, 4.69) is 0 Å². The number of nitrogens with two attached hydrogens (primary N) is 3. The molecule has 9 heteroatoms. The maximum atomic E-state index is 12.8. The summed E-state index contributed by atoms with van der Waals surface area (Å²) in [7, 11) is 0. The highest BCUT2D eigenvalue weighted by Gasteiger charge is 2.36. The summed E-state index contributed by atoms with van der Waals surface area (Å²) in [6.45, 7) is 0.434. The Balaban J connectivity index is 2.91. The first-order chi connectivity index (χ1) is 10.9. The van der Waals surface area contributed by atoms with Crippen molar-refractivity contribution in [1.29, 1.82) is 0 Å². The topological polar surface area (TPSA) is 78.1 Å². The van der Waals surface area contributed by atoms with E-state index in [1.165, 1.54) is 0 Å². The monoisotopic (exact) mass is 357 g/mol. The third-order valence-corrected chi connectivity index (χ3v) is 3.71. The van der Waals surface area contributed by atoms with Gasteiger partial charge >= 0.3 is 12.4 Å². The van der Waals surface area contributed by atoms with Crippen molar-refractivity contribution in [2.45, 2.75) is 50.1 Å². The molecule has 0 amide bonds. The summed E-state index contributed by atoms with van der Waals surface area (Å²) < 4.78 is 76.7. The number of benzene rings is 1. The molecule has 0 saturated heterocycles. The van der Waals surface area contributed by atoms with Gasteiger partial charge in [0.15, 0.2) is 0 Å². The molecule has 1 aromatic rings. The zero-order chi connectivity index (χ0) is 18.5. The number of halogens is 6. The molecule has 2 unspecified atom stereocenters. The van der Waals surface area contributed by atoms with E-state index in [-0.39, 0.29) is 24.5 Å². The molecule has 0 heterocycles. The number of alkyl halides is 6. The molecule has 3 nitrogen and oxygen atoms in total. The molecule has 6 N–H and O–H groups in total. The second-order valence-corrected chi connectivity index (χ2v) is 5.71. The Morgan fingerprint density at radius 3 is 1.67 bits per heavy atom. The molecule has 0 aliphatic heterocycles. The highest BCUT2D eigenvalue weighted by atomic mass is 19.4. The fraction of sp³-hybridized carbons (Fsp3) is 0.600. The van der Waals surface area contributed by atoms with Crippen LogP contribution >= 0.6 is 0 Å². The second-order valence-electron chi connectivity index (χ2n) is 5.71. The van der Waals surface area contributed by atoms with Crippen LogP contribution in [-0.4, -0.2) is 18.6 Å². The van der Waals surface area contributed by atoms with Crippen molar-refractivity contribution in [2.24, 2.45) is 17.2 Å². The van der Waals surface area contributed by atoms with Gasteiger partial charge in [-0.2, -0.15) is 26.3 Å². The van der Waals surface area contributed by atoms with Gasteiger partial charge in [0.1, 0.15) is 0 Å². The molecule has 1 rings (SSSR count). The van der Waals surface area contributed by atoms with E-state index in [4.69, 9.17) is 17.2 Å². The van der Waals surface area contributed by atoms with Gasteiger partial charge in [0.05, 0.1) is 11.1 Å². The van der Waals surface area contributed by atoms with Gasteiger partial charge < -0.3 is 17.2 Å². The third-order valence-electron chi connectivity index (χ3n) is 3.71. The molecule has 0 aliphatic carbocycles. The van der Waals surface area contributed by atoms with E-state index in [0.717, 1.165) is 0 Å². The van der Waals surface area contributed by atoms with Gasteiger partial charge in [-0.3, -0.25) is 0 Å². The van der Waals surface area contributed by atoms with Gasteiger partial charge in [-0.15, -0.1) is 0 Å². The van der Waals surface area contributed by atoms with Gasteiger partial charge in [0.2, 0.25) is 0 Å². The lowest BCUT2D eigenvalue weighted by Gasteiger charge is -2.20.